The summed E-state index contributed by atoms with van der Waals surface area (Å²) in [5.41, 5.74) is 4.45. The maximum Gasteiger partial charge on any atom is 0.310 e. The van der Waals surface area contributed by atoms with E-state index in [4.69, 9.17) is 9.84 Å². The van der Waals surface area contributed by atoms with Crippen molar-refractivity contribution in [2.45, 2.75) is 37.6 Å². The minimum atomic E-state index is -1.42. The molecular weight excluding hydrogens is 366 g/mol. The highest BCUT2D eigenvalue weighted by atomic mass is 32.2. The first-order valence-electron chi connectivity index (χ1n) is 8.41. The predicted octanol–water partition coefficient (Wildman–Crippen LogP) is 3.08. The number of aromatic nitrogens is 3. The number of aryl methyl sites for hydroxylation is 1. The number of rotatable bonds is 6. The van der Waals surface area contributed by atoms with E-state index in [1.54, 1.807) is 38.4 Å². The molecule has 27 heavy (non-hydrogen) atoms. The number of imidazole rings is 1. The van der Waals surface area contributed by atoms with Crippen LogP contribution in [0.1, 0.15) is 35.2 Å². The number of carbonyl (C=O) groups is 1. The Kier molecular flexibility index (Phi) is 5.27. The van der Waals surface area contributed by atoms with Crippen molar-refractivity contribution in [3.8, 4) is 5.75 Å². The first-order chi connectivity index (χ1) is 12.8. The van der Waals surface area contributed by atoms with E-state index in [2.05, 4.69) is 15.0 Å². The van der Waals surface area contributed by atoms with E-state index in [1.165, 1.54) is 0 Å². The summed E-state index contributed by atoms with van der Waals surface area (Å²) >= 11 is 0. The maximum atomic E-state index is 12.8. The highest BCUT2D eigenvalue weighted by molar-refractivity contribution is 7.84. The number of carboxylic acid groups (broad SMARTS) is 1. The second-order valence-electron chi connectivity index (χ2n) is 6.41. The molecule has 2 atom stereocenters. The second kappa shape index (κ2) is 7.48. The van der Waals surface area contributed by atoms with Gasteiger partial charge in [0.2, 0.25) is 0 Å². The Hall–Kier alpha value is -2.74. The van der Waals surface area contributed by atoms with Crippen LogP contribution in [0.25, 0.3) is 11.0 Å². The molecule has 142 valence electrons. The summed E-state index contributed by atoms with van der Waals surface area (Å²) in [6.45, 7) is 5.43. The summed E-state index contributed by atoms with van der Waals surface area (Å²) in [4.78, 5) is 23.0. The van der Waals surface area contributed by atoms with Gasteiger partial charge in [-0.05, 0) is 38.5 Å². The van der Waals surface area contributed by atoms with Crippen LogP contribution >= 0.6 is 0 Å². The van der Waals surface area contributed by atoms with Gasteiger partial charge < -0.3 is 14.8 Å². The van der Waals surface area contributed by atoms with Gasteiger partial charge in [-0.2, -0.15) is 0 Å². The number of aliphatic carboxylic acids is 1. The standard InChI is InChI=1S/C19H21N3O4S/c1-10-8-20-16(12(3)17(10)26-4)9-27(25)19-21-14-6-5-13(7-15(14)22-19)11(2)18(23)24/h5-8,11H,9H2,1-4H3,(H,21,22)(H,23,24). The van der Waals surface area contributed by atoms with Crippen LogP contribution < -0.4 is 4.74 Å². The van der Waals surface area contributed by atoms with Gasteiger partial charge >= 0.3 is 5.97 Å². The smallest absolute Gasteiger partial charge is 0.310 e. The number of nitrogens with zero attached hydrogens (tertiary/aromatic N) is 2. The number of H-pyrrole nitrogens is 1. The van der Waals surface area contributed by atoms with Crippen LogP contribution in [0.5, 0.6) is 5.75 Å². The highest BCUT2D eigenvalue weighted by Crippen LogP contribution is 2.26. The molecule has 2 heterocycles. The lowest BCUT2D eigenvalue weighted by Crippen LogP contribution is -2.06. The third-order valence-electron chi connectivity index (χ3n) is 4.59. The van der Waals surface area contributed by atoms with Gasteiger partial charge in [-0.1, -0.05) is 6.07 Å². The Balaban J connectivity index is 1.89. The molecule has 2 aromatic heterocycles. The summed E-state index contributed by atoms with van der Waals surface area (Å²) in [7, 11) is 0.181. The molecule has 0 aliphatic rings. The number of methoxy groups -OCH3 is 1. The number of nitrogens with one attached hydrogen (secondary N) is 1. The molecular formula is C19H21N3O4S. The highest BCUT2D eigenvalue weighted by Gasteiger charge is 2.18. The number of fused-ring (bicyclic) bond motifs is 1. The van der Waals surface area contributed by atoms with Crippen LogP contribution in [0.15, 0.2) is 29.6 Å². The van der Waals surface area contributed by atoms with Crippen LogP contribution in [-0.4, -0.2) is 37.3 Å². The van der Waals surface area contributed by atoms with Gasteiger partial charge in [-0.25, -0.2) is 4.98 Å². The average molecular weight is 387 g/mol. The number of benzene rings is 1. The van der Waals surface area contributed by atoms with Crippen LogP contribution in [0, 0.1) is 13.8 Å². The van der Waals surface area contributed by atoms with Gasteiger partial charge in [0.25, 0.3) is 0 Å². The molecule has 3 rings (SSSR count). The van der Waals surface area contributed by atoms with E-state index < -0.39 is 22.7 Å². The predicted molar refractivity (Wildman–Crippen MR) is 103 cm³/mol. The van der Waals surface area contributed by atoms with Gasteiger partial charge in [0.1, 0.15) is 5.75 Å². The van der Waals surface area contributed by atoms with Crippen molar-refractivity contribution < 1.29 is 18.8 Å². The lowest BCUT2D eigenvalue weighted by Gasteiger charge is -2.11. The van der Waals surface area contributed by atoms with Gasteiger partial charge in [0.05, 0.1) is 46.3 Å². The molecule has 7 nitrogen and oxygen atoms in total. The Morgan fingerprint density at radius 2 is 2.11 bits per heavy atom. The molecule has 0 fully saturated rings. The SMILES string of the molecule is COc1c(C)cnc(CS(=O)c2nc3ccc(C(C)C(=O)O)cc3[nH]2)c1C. The fourth-order valence-electron chi connectivity index (χ4n) is 2.93. The quantitative estimate of drug-likeness (QED) is 0.673. The van der Waals surface area contributed by atoms with E-state index in [1.807, 2.05) is 13.8 Å². The Morgan fingerprint density at radius 3 is 2.78 bits per heavy atom. The van der Waals surface area contributed by atoms with Crippen molar-refractivity contribution in [1.82, 2.24) is 15.0 Å². The van der Waals surface area contributed by atoms with E-state index in [9.17, 15) is 9.00 Å². The monoisotopic (exact) mass is 387 g/mol. The van der Waals surface area contributed by atoms with Crippen LogP contribution in [-0.2, 0) is 21.3 Å². The van der Waals surface area contributed by atoms with Gasteiger partial charge in [0, 0.05) is 17.3 Å². The molecule has 8 heteroatoms. The van der Waals surface area contributed by atoms with Crippen LogP contribution in [0.2, 0.25) is 0 Å². The minimum absolute atomic E-state index is 0.209. The first kappa shape index (κ1) is 19.0. The fourth-order valence-corrected chi connectivity index (χ4v) is 4.03. The molecule has 0 aliphatic carbocycles. The minimum Gasteiger partial charge on any atom is -0.496 e. The average Bonchev–Trinajstić information content (AvgIpc) is 3.07. The van der Waals surface area contributed by atoms with E-state index in [-0.39, 0.29) is 5.75 Å². The number of pyridine rings is 1. The lowest BCUT2D eigenvalue weighted by atomic mass is 10.0. The molecule has 0 amide bonds. The third kappa shape index (κ3) is 3.71. The molecule has 2 unspecified atom stereocenters. The number of carboxylic acids is 1. The normalized spacial score (nSPS) is 13.5. The van der Waals surface area contributed by atoms with Crippen molar-refractivity contribution in [2.75, 3.05) is 7.11 Å². The molecule has 2 N–H and O–H groups in total. The third-order valence-corrected chi connectivity index (χ3v) is 5.75. The Labute approximate surface area is 159 Å². The van der Waals surface area contributed by atoms with Crippen molar-refractivity contribution in [3.05, 3.63) is 46.8 Å². The number of ether oxygens (including phenoxy) is 1. The van der Waals surface area contributed by atoms with Crippen molar-refractivity contribution >= 4 is 27.8 Å². The summed E-state index contributed by atoms with van der Waals surface area (Å²) in [5.74, 6) is -0.569. The zero-order valence-electron chi connectivity index (χ0n) is 15.6. The number of hydrogen-bond acceptors (Lipinski definition) is 5. The summed E-state index contributed by atoms with van der Waals surface area (Å²) in [5, 5.41) is 9.50. The maximum absolute atomic E-state index is 12.8. The zero-order chi connectivity index (χ0) is 19.7. The van der Waals surface area contributed by atoms with Crippen molar-refractivity contribution in [1.29, 1.82) is 0 Å². The van der Waals surface area contributed by atoms with Crippen molar-refractivity contribution in [2.24, 2.45) is 0 Å². The van der Waals surface area contributed by atoms with E-state index >= 15 is 0 Å². The lowest BCUT2D eigenvalue weighted by molar-refractivity contribution is -0.138. The summed E-state index contributed by atoms with van der Waals surface area (Å²) < 4.78 is 18.2. The molecule has 0 saturated heterocycles. The Bertz CT molecular complexity index is 1040. The molecule has 0 radical (unpaired) electrons. The van der Waals surface area contributed by atoms with Crippen LogP contribution in [0.4, 0.5) is 0 Å². The molecule has 1 aromatic carbocycles. The van der Waals surface area contributed by atoms with Crippen LogP contribution in [0.3, 0.4) is 0 Å². The first-order valence-corrected chi connectivity index (χ1v) is 9.73. The molecule has 3 aromatic rings. The van der Waals surface area contributed by atoms with Gasteiger partial charge in [0.15, 0.2) is 5.16 Å². The van der Waals surface area contributed by atoms with E-state index in [0.717, 1.165) is 16.9 Å². The molecule has 0 aliphatic heterocycles. The van der Waals surface area contributed by atoms with E-state index in [0.29, 0.717) is 27.4 Å². The topological polar surface area (TPSA) is 105 Å². The summed E-state index contributed by atoms with van der Waals surface area (Å²) in [6.07, 6.45) is 1.70. The van der Waals surface area contributed by atoms with Crippen molar-refractivity contribution in [3.63, 3.8) is 0 Å². The summed E-state index contributed by atoms with van der Waals surface area (Å²) in [6, 6.07) is 5.20. The molecule has 0 saturated carbocycles. The Morgan fingerprint density at radius 1 is 1.37 bits per heavy atom. The fraction of sp³-hybridized carbons (Fsp3) is 0.316. The second-order valence-corrected chi connectivity index (χ2v) is 7.78. The molecule has 0 spiro atoms. The van der Waals surface area contributed by atoms with Gasteiger partial charge in [-0.3, -0.25) is 14.0 Å². The largest absolute Gasteiger partial charge is 0.496 e. The van der Waals surface area contributed by atoms with Gasteiger partial charge in [-0.15, -0.1) is 0 Å². The molecule has 0 bridgehead atoms. The number of aromatic amines is 1. The zero-order valence-corrected chi connectivity index (χ0v) is 16.4. The number of hydrogen-bond donors (Lipinski definition) is 2.